The van der Waals surface area contributed by atoms with Crippen molar-refractivity contribution in [1.29, 1.82) is 0 Å². The van der Waals surface area contributed by atoms with E-state index in [9.17, 15) is 27.6 Å². The third-order valence-electron chi connectivity index (χ3n) is 4.29. The molecule has 1 aliphatic carbocycles. The average Bonchev–Trinajstić information content (AvgIpc) is 2.90. The van der Waals surface area contributed by atoms with Crippen LogP contribution in [-0.4, -0.2) is 28.5 Å². The first kappa shape index (κ1) is 22.0. The Bertz CT molecular complexity index is 798. The van der Waals surface area contributed by atoms with Gasteiger partial charge in [-0.25, -0.2) is 0 Å². The topological polar surface area (TPSA) is 80.5 Å². The van der Waals surface area contributed by atoms with Gasteiger partial charge in [0.25, 0.3) is 11.1 Å². The Kier molecular flexibility index (Phi) is 7.29. The van der Waals surface area contributed by atoms with Gasteiger partial charge in [-0.3, -0.25) is 19.3 Å². The lowest BCUT2D eigenvalue weighted by molar-refractivity contribution is -0.137. The number of nitrogens with zero attached hydrogens (tertiary/aromatic N) is 1. The maximum Gasteiger partial charge on any atom is 0.416 e. The molecule has 5 nitrogen and oxygen atoms in total. The van der Waals surface area contributed by atoms with Gasteiger partial charge >= 0.3 is 6.18 Å². The van der Waals surface area contributed by atoms with Gasteiger partial charge in [-0.1, -0.05) is 35.8 Å². The van der Waals surface area contributed by atoms with Crippen molar-refractivity contribution in [2.45, 2.75) is 45.2 Å². The van der Waals surface area contributed by atoms with Crippen LogP contribution < -0.4 is 5.73 Å². The van der Waals surface area contributed by atoms with E-state index in [2.05, 4.69) is 0 Å². The minimum Gasteiger partial charge on any atom is -0.368 e. The molecule has 3 rings (SSSR count). The molecule has 0 spiro atoms. The van der Waals surface area contributed by atoms with Gasteiger partial charge in [0.15, 0.2) is 0 Å². The number of allylic oxidation sites excluding steroid dienone is 1. The van der Waals surface area contributed by atoms with Gasteiger partial charge in [-0.05, 0) is 50.4 Å². The van der Waals surface area contributed by atoms with Gasteiger partial charge in [-0.2, -0.15) is 13.2 Å². The largest absolute Gasteiger partial charge is 0.416 e. The highest BCUT2D eigenvalue weighted by Crippen LogP contribution is 2.37. The lowest BCUT2D eigenvalue weighted by Crippen LogP contribution is -2.36. The van der Waals surface area contributed by atoms with Crippen LogP contribution in [0, 0.1) is 6.92 Å². The molecule has 1 aliphatic heterocycles. The molecule has 0 unspecified atom stereocenters. The van der Waals surface area contributed by atoms with Gasteiger partial charge in [-0.15, -0.1) is 0 Å². The molecule has 2 fully saturated rings. The summed E-state index contributed by atoms with van der Waals surface area (Å²) in [5, 5.41) is -0.387. The number of hydrogen-bond acceptors (Lipinski definition) is 4. The Balaban J connectivity index is 0.000000221. The van der Waals surface area contributed by atoms with Crippen LogP contribution in [0.25, 0.3) is 0 Å². The average molecular weight is 414 g/mol. The number of carbonyl (C=O) groups is 3. The van der Waals surface area contributed by atoms with E-state index in [0.29, 0.717) is 10.5 Å². The smallest absolute Gasteiger partial charge is 0.368 e. The van der Waals surface area contributed by atoms with Crippen LogP contribution in [-0.2, 0) is 15.8 Å². The summed E-state index contributed by atoms with van der Waals surface area (Å²) in [7, 11) is 0. The molecule has 1 saturated heterocycles. The molecule has 0 radical (unpaired) electrons. The van der Waals surface area contributed by atoms with Crippen LogP contribution in [0.1, 0.15) is 43.2 Å². The molecule has 0 bridgehead atoms. The molecule has 1 aromatic carbocycles. The fraction of sp³-hybridized carbons (Fsp3) is 0.421. The highest BCUT2D eigenvalue weighted by molar-refractivity contribution is 8.18. The monoisotopic (exact) mass is 414 g/mol. The SMILES string of the molecule is Cc1cccc(C(F)(F)F)c1.NC(=O)CN1C(=O)SC(=C2CCCCC2)C1=O. The number of carbonyl (C=O) groups excluding carboxylic acids is 3. The van der Waals surface area contributed by atoms with E-state index in [1.807, 2.05) is 0 Å². The second-order valence-corrected chi connectivity index (χ2v) is 7.55. The van der Waals surface area contributed by atoms with Crippen molar-refractivity contribution in [2.24, 2.45) is 5.73 Å². The summed E-state index contributed by atoms with van der Waals surface area (Å²) in [5.41, 5.74) is 6.11. The van der Waals surface area contributed by atoms with E-state index in [4.69, 9.17) is 5.73 Å². The zero-order chi connectivity index (χ0) is 20.9. The quantitative estimate of drug-likeness (QED) is 0.728. The molecule has 28 heavy (non-hydrogen) atoms. The fourth-order valence-electron chi connectivity index (χ4n) is 2.93. The number of aryl methyl sites for hydroxylation is 1. The summed E-state index contributed by atoms with van der Waals surface area (Å²) in [4.78, 5) is 35.8. The van der Waals surface area contributed by atoms with Gasteiger partial charge in [0.1, 0.15) is 6.54 Å². The van der Waals surface area contributed by atoms with Crippen molar-refractivity contribution in [1.82, 2.24) is 4.90 Å². The second kappa shape index (κ2) is 9.27. The summed E-state index contributed by atoms with van der Waals surface area (Å²) in [6, 6.07) is 5.22. The highest BCUT2D eigenvalue weighted by atomic mass is 32.2. The normalized spacial score (nSPS) is 17.5. The Labute approximate surface area is 165 Å². The number of rotatable bonds is 2. The number of primary amides is 1. The number of nitrogens with two attached hydrogens (primary N) is 1. The standard InChI is InChI=1S/C11H14N2O3S.C8H7F3/c12-8(14)6-13-10(15)9(17-11(13)16)7-4-2-1-3-5-7;1-6-3-2-4-7(5-6)8(9,10)11/h1-6H2,(H2,12,14);2-5H,1H3. The van der Waals surface area contributed by atoms with Crippen LogP contribution in [0.4, 0.5) is 18.0 Å². The number of imide groups is 1. The van der Waals surface area contributed by atoms with Crippen molar-refractivity contribution < 1.29 is 27.6 Å². The van der Waals surface area contributed by atoms with E-state index < -0.39 is 17.6 Å². The maximum absolute atomic E-state index is 12.0. The Hall–Kier alpha value is -2.29. The molecule has 2 N–H and O–H groups in total. The number of hydrogen-bond donors (Lipinski definition) is 1. The van der Waals surface area contributed by atoms with Crippen molar-refractivity contribution >= 4 is 28.8 Å². The fourth-order valence-corrected chi connectivity index (χ4v) is 3.91. The predicted octanol–water partition coefficient (Wildman–Crippen LogP) is 4.40. The molecule has 1 heterocycles. The summed E-state index contributed by atoms with van der Waals surface area (Å²) < 4.78 is 35.9. The number of alkyl halides is 3. The molecule has 9 heteroatoms. The van der Waals surface area contributed by atoms with Crippen LogP contribution >= 0.6 is 11.8 Å². The van der Waals surface area contributed by atoms with E-state index in [1.165, 1.54) is 12.5 Å². The first-order valence-electron chi connectivity index (χ1n) is 8.77. The number of halogens is 3. The first-order valence-corrected chi connectivity index (χ1v) is 9.59. The Morgan fingerprint density at radius 3 is 2.32 bits per heavy atom. The first-order chi connectivity index (χ1) is 13.1. The maximum atomic E-state index is 12.0. The van der Waals surface area contributed by atoms with E-state index >= 15 is 0 Å². The minimum absolute atomic E-state index is 0.318. The van der Waals surface area contributed by atoms with Gasteiger partial charge in [0, 0.05) is 0 Å². The number of benzene rings is 1. The third kappa shape index (κ3) is 5.85. The molecular weight excluding hydrogens is 393 g/mol. The van der Waals surface area contributed by atoms with E-state index in [0.717, 1.165) is 60.1 Å². The van der Waals surface area contributed by atoms with Crippen molar-refractivity contribution in [2.75, 3.05) is 6.54 Å². The Morgan fingerprint density at radius 1 is 1.18 bits per heavy atom. The molecule has 1 saturated carbocycles. The lowest BCUT2D eigenvalue weighted by Gasteiger charge is -2.15. The summed E-state index contributed by atoms with van der Waals surface area (Å²) in [6.07, 6.45) is 0.853. The van der Waals surface area contributed by atoms with Gasteiger partial charge < -0.3 is 5.73 Å². The predicted molar refractivity (Wildman–Crippen MR) is 100 cm³/mol. The summed E-state index contributed by atoms with van der Waals surface area (Å²) >= 11 is 0.940. The molecule has 152 valence electrons. The second-order valence-electron chi connectivity index (χ2n) is 6.59. The van der Waals surface area contributed by atoms with Crippen molar-refractivity contribution in [3.63, 3.8) is 0 Å². The van der Waals surface area contributed by atoms with Gasteiger partial charge in [0.05, 0.1) is 10.5 Å². The number of thioether (sulfide) groups is 1. The van der Waals surface area contributed by atoms with E-state index in [-0.39, 0.29) is 17.7 Å². The highest BCUT2D eigenvalue weighted by Gasteiger charge is 2.37. The summed E-state index contributed by atoms with van der Waals surface area (Å²) in [6.45, 7) is 1.32. The molecule has 3 amide bonds. The van der Waals surface area contributed by atoms with Crippen LogP contribution in [0.15, 0.2) is 34.7 Å². The zero-order valence-electron chi connectivity index (χ0n) is 15.3. The third-order valence-corrected chi connectivity index (χ3v) is 5.35. The molecule has 0 aromatic heterocycles. The van der Waals surface area contributed by atoms with Crippen molar-refractivity contribution in [3.05, 3.63) is 45.9 Å². The number of amides is 3. The van der Waals surface area contributed by atoms with Crippen LogP contribution in [0.5, 0.6) is 0 Å². The molecule has 1 aromatic rings. The lowest BCUT2D eigenvalue weighted by atomic mass is 9.94. The summed E-state index contributed by atoms with van der Waals surface area (Å²) in [5.74, 6) is -1.02. The van der Waals surface area contributed by atoms with Crippen LogP contribution in [0.3, 0.4) is 0 Å². The Morgan fingerprint density at radius 2 is 1.82 bits per heavy atom. The molecule has 2 aliphatic rings. The van der Waals surface area contributed by atoms with Gasteiger partial charge in [0.2, 0.25) is 5.91 Å². The molecule has 0 atom stereocenters. The zero-order valence-corrected chi connectivity index (χ0v) is 16.2. The molecular formula is C19H21F3N2O3S. The van der Waals surface area contributed by atoms with E-state index in [1.54, 1.807) is 13.0 Å². The van der Waals surface area contributed by atoms with Crippen LogP contribution in [0.2, 0.25) is 0 Å². The minimum atomic E-state index is -4.22. The van der Waals surface area contributed by atoms with Crippen molar-refractivity contribution in [3.8, 4) is 0 Å².